The number of aryl methyl sites for hydroxylation is 2. The van der Waals surface area contributed by atoms with Crippen LogP contribution in [0.25, 0.3) is 0 Å². The van der Waals surface area contributed by atoms with Crippen molar-refractivity contribution in [2.75, 3.05) is 0 Å². The fraction of sp³-hybridized carbons (Fsp3) is 0.423. The molecule has 0 aliphatic heterocycles. The Bertz CT molecular complexity index is 696. The molecule has 0 spiro atoms. The van der Waals surface area contributed by atoms with Crippen molar-refractivity contribution in [2.45, 2.75) is 71.6 Å². The Kier molecular flexibility index (Phi) is 12.2. The molecule has 0 aliphatic carbocycles. The SMILES string of the molecule is C#C.CCCCCCCCc1ccc(C#Cc2ccc(CCC)cc2)nc1. The Labute approximate surface area is 166 Å². The molecule has 0 N–H and O–H groups in total. The fourth-order valence-corrected chi connectivity index (χ4v) is 2.94. The van der Waals surface area contributed by atoms with E-state index in [1.165, 1.54) is 56.1 Å². The first-order chi connectivity index (χ1) is 13.3. The van der Waals surface area contributed by atoms with Crippen molar-refractivity contribution in [3.63, 3.8) is 0 Å². The summed E-state index contributed by atoms with van der Waals surface area (Å²) in [6, 6.07) is 12.8. The molecule has 0 unspecified atom stereocenters. The minimum Gasteiger partial charge on any atom is -0.248 e. The van der Waals surface area contributed by atoms with Gasteiger partial charge in [-0.3, -0.25) is 0 Å². The lowest BCUT2D eigenvalue weighted by Crippen LogP contribution is -1.90. The summed E-state index contributed by atoms with van der Waals surface area (Å²) in [7, 11) is 0. The maximum Gasteiger partial charge on any atom is 0.113 e. The summed E-state index contributed by atoms with van der Waals surface area (Å²) in [6.45, 7) is 4.47. The molecule has 0 bridgehead atoms. The van der Waals surface area contributed by atoms with Crippen LogP contribution >= 0.6 is 0 Å². The smallest absolute Gasteiger partial charge is 0.113 e. The normalized spacial score (nSPS) is 9.63. The quantitative estimate of drug-likeness (QED) is 0.364. The highest BCUT2D eigenvalue weighted by Gasteiger charge is 1.96. The van der Waals surface area contributed by atoms with Gasteiger partial charge in [-0.2, -0.15) is 0 Å². The molecular weight excluding hydrogens is 326 g/mol. The molecule has 0 atom stereocenters. The highest BCUT2D eigenvalue weighted by Crippen LogP contribution is 2.10. The highest BCUT2D eigenvalue weighted by molar-refractivity contribution is 5.41. The molecular formula is C26H33N. The van der Waals surface area contributed by atoms with E-state index in [2.05, 4.69) is 73.9 Å². The maximum atomic E-state index is 4.50. The maximum absolute atomic E-state index is 4.50. The average molecular weight is 360 g/mol. The first-order valence-electron chi connectivity index (χ1n) is 10.2. The second-order valence-corrected chi connectivity index (χ2v) is 6.77. The predicted octanol–water partition coefficient (Wildman–Crippen LogP) is 6.59. The van der Waals surface area contributed by atoms with Gasteiger partial charge in [0.15, 0.2) is 0 Å². The average Bonchev–Trinajstić information content (AvgIpc) is 2.73. The van der Waals surface area contributed by atoms with Crippen LogP contribution in [0.15, 0.2) is 42.6 Å². The number of pyridine rings is 1. The molecule has 1 heterocycles. The molecule has 142 valence electrons. The van der Waals surface area contributed by atoms with Crippen molar-refractivity contribution >= 4 is 0 Å². The lowest BCUT2D eigenvalue weighted by Gasteiger charge is -2.02. The number of nitrogens with zero attached hydrogens (tertiary/aromatic N) is 1. The molecule has 2 aromatic rings. The zero-order valence-corrected chi connectivity index (χ0v) is 17.0. The van der Waals surface area contributed by atoms with E-state index in [0.29, 0.717) is 0 Å². The Morgan fingerprint density at radius 2 is 1.37 bits per heavy atom. The molecule has 0 radical (unpaired) electrons. The van der Waals surface area contributed by atoms with Crippen LogP contribution in [0.1, 0.15) is 81.2 Å². The molecule has 27 heavy (non-hydrogen) atoms. The largest absolute Gasteiger partial charge is 0.248 e. The molecule has 0 saturated carbocycles. The zero-order valence-electron chi connectivity index (χ0n) is 17.0. The summed E-state index contributed by atoms with van der Waals surface area (Å²) in [5.74, 6) is 6.38. The van der Waals surface area contributed by atoms with Gasteiger partial charge in [0, 0.05) is 11.8 Å². The minimum absolute atomic E-state index is 0.851. The van der Waals surface area contributed by atoms with E-state index in [1.807, 2.05) is 12.3 Å². The van der Waals surface area contributed by atoms with Crippen molar-refractivity contribution in [2.24, 2.45) is 0 Å². The van der Waals surface area contributed by atoms with Gasteiger partial charge in [-0.05, 0) is 54.5 Å². The standard InChI is InChI=1S/C24H31N.C2H2/c1-3-5-6-7-8-9-11-23-17-19-24(25-20-23)18-16-22-14-12-21(10-4-2)13-15-22;1-2/h12-15,17,19-20H,3-11H2,1-2H3;1-2H. The minimum atomic E-state index is 0.851. The van der Waals surface area contributed by atoms with E-state index in [4.69, 9.17) is 0 Å². The van der Waals surface area contributed by atoms with E-state index >= 15 is 0 Å². The van der Waals surface area contributed by atoms with Crippen LogP contribution in [0, 0.1) is 24.7 Å². The summed E-state index contributed by atoms with van der Waals surface area (Å²) in [5, 5.41) is 0. The van der Waals surface area contributed by atoms with Gasteiger partial charge in [0.2, 0.25) is 0 Å². The molecule has 2 rings (SSSR count). The van der Waals surface area contributed by atoms with Crippen molar-refractivity contribution in [1.29, 1.82) is 0 Å². The molecule has 0 aliphatic rings. The third kappa shape index (κ3) is 9.67. The molecule has 0 fully saturated rings. The van der Waals surface area contributed by atoms with Crippen molar-refractivity contribution in [3.8, 4) is 24.7 Å². The van der Waals surface area contributed by atoms with E-state index in [0.717, 1.165) is 24.1 Å². The summed E-state index contributed by atoms with van der Waals surface area (Å²) < 4.78 is 0. The Balaban J connectivity index is 0.00000176. The van der Waals surface area contributed by atoms with Gasteiger partial charge in [-0.25, -0.2) is 4.98 Å². The summed E-state index contributed by atoms with van der Waals surface area (Å²) >= 11 is 0. The van der Waals surface area contributed by atoms with Gasteiger partial charge in [-0.15, -0.1) is 12.8 Å². The van der Waals surface area contributed by atoms with E-state index in [-0.39, 0.29) is 0 Å². The first kappa shape index (κ1) is 22.5. The van der Waals surface area contributed by atoms with Crippen molar-refractivity contribution in [1.82, 2.24) is 4.98 Å². The monoisotopic (exact) mass is 359 g/mol. The van der Waals surface area contributed by atoms with Crippen LogP contribution < -0.4 is 0 Å². The second kappa shape index (κ2) is 14.6. The molecule has 1 nitrogen and oxygen atoms in total. The zero-order chi connectivity index (χ0) is 19.7. The van der Waals surface area contributed by atoms with Gasteiger partial charge in [0.05, 0.1) is 0 Å². The van der Waals surface area contributed by atoms with Crippen LogP contribution in [0.3, 0.4) is 0 Å². The van der Waals surface area contributed by atoms with Crippen LogP contribution in [-0.2, 0) is 12.8 Å². The van der Waals surface area contributed by atoms with Crippen molar-refractivity contribution in [3.05, 3.63) is 65.0 Å². The summed E-state index contributed by atoms with van der Waals surface area (Å²) in [6.07, 6.45) is 21.5. The van der Waals surface area contributed by atoms with Crippen LogP contribution in [0.2, 0.25) is 0 Å². The predicted molar refractivity (Wildman–Crippen MR) is 118 cm³/mol. The van der Waals surface area contributed by atoms with Crippen LogP contribution in [0.4, 0.5) is 0 Å². The highest BCUT2D eigenvalue weighted by atomic mass is 14.7. The van der Waals surface area contributed by atoms with Crippen molar-refractivity contribution < 1.29 is 0 Å². The second-order valence-electron chi connectivity index (χ2n) is 6.77. The lowest BCUT2D eigenvalue weighted by molar-refractivity contribution is 0.607. The molecule has 0 saturated heterocycles. The Morgan fingerprint density at radius 1 is 0.704 bits per heavy atom. The number of aromatic nitrogens is 1. The third-order valence-electron chi connectivity index (χ3n) is 4.47. The van der Waals surface area contributed by atoms with E-state index in [9.17, 15) is 0 Å². The Hall–Kier alpha value is -2.51. The lowest BCUT2D eigenvalue weighted by atomic mass is 10.1. The topological polar surface area (TPSA) is 12.9 Å². The molecule has 1 aromatic carbocycles. The first-order valence-corrected chi connectivity index (χ1v) is 10.2. The number of unbranched alkanes of at least 4 members (excludes halogenated alkanes) is 5. The van der Waals surface area contributed by atoms with Gasteiger partial charge in [0.25, 0.3) is 0 Å². The molecule has 0 amide bonds. The number of hydrogen-bond acceptors (Lipinski definition) is 1. The van der Waals surface area contributed by atoms with Gasteiger partial charge >= 0.3 is 0 Å². The molecule has 1 heteroatoms. The fourth-order valence-electron chi connectivity index (χ4n) is 2.94. The number of terminal acetylenes is 1. The van der Waals surface area contributed by atoms with Gasteiger partial charge < -0.3 is 0 Å². The van der Waals surface area contributed by atoms with Gasteiger partial charge in [-0.1, -0.05) is 76.5 Å². The van der Waals surface area contributed by atoms with Crippen LogP contribution in [-0.4, -0.2) is 4.98 Å². The van der Waals surface area contributed by atoms with E-state index < -0.39 is 0 Å². The Morgan fingerprint density at radius 3 is 2.00 bits per heavy atom. The number of rotatable bonds is 9. The van der Waals surface area contributed by atoms with E-state index in [1.54, 1.807) is 0 Å². The van der Waals surface area contributed by atoms with Crippen LogP contribution in [0.5, 0.6) is 0 Å². The number of hydrogen-bond donors (Lipinski definition) is 0. The third-order valence-corrected chi connectivity index (χ3v) is 4.47. The van der Waals surface area contributed by atoms with Gasteiger partial charge in [0.1, 0.15) is 5.69 Å². The summed E-state index contributed by atoms with van der Waals surface area (Å²) in [4.78, 5) is 4.50. The number of benzene rings is 1. The molecule has 1 aromatic heterocycles. The summed E-state index contributed by atoms with van der Waals surface area (Å²) in [5.41, 5.74) is 4.61.